The van der Waals surface area contributed by atoms with Gasteiger partial charge < -0.3 is 30.5 Å². The minimum Gasteiger partial charge on any atom is -0.478 e. The molecule has 1 aromatic heterocycles. The number of carboxylic acids is 1. The Kier molecular flexibility index (Phi) is 8.93. The highest BCUT2D eigenvalue weighted by Gasteiger charge is 2.28. The lowest BCUT2D eigenvalue weighted by Gasteiger charge is -2.19. The Morgan fingerprint density at radius 2 is 1.77 bits per heavy atom. The zero-order chi connectivity index (χ0) is 25.2. The van der Waals surface area contributed by atoms with Crippen molar-refractivity contribution < 1.29 is 34.3 Å². The second kappa shape index (κ2) is 12.3. The number of aromatic carboxylic acids is 1. The van der Waals surface area contributed by atoms with Crippen LogP contribution in [0.15, 0.2) is 66.9 Å². The number of carboxylic acid groups (broad SMARTS) is 1. The summed E-state index contributed by atoms with van der Waals surface area (Å²) in [5.74, 6) is -2.41. The summed E-state index contributed by atoms with van der Waals surface area (Å²) >= 11 is 0. The van der Waals surface area contributed by atoms with Crippen molar-refractivity contribution in [2.24, 2.45) is 0 Å². The molecule has 0 saturated heterocycles. The van der Waals surface area contributed by atoms with E-state index in [1.807, 2.05) is 30.3 Å². The van der Waals surface area contributed by atoms with Crippen LogP contribution in [0.25, 0.3) is 0 Å². The van der Waals surface area contributed by atoms with Crippen LogP contribution in [0.2, 0.25) is 0 Å². The third-order valence-corrected chi connectivity index (χ3v) is 5.17. The summed E-state index contributed by atoms with van der Waals surface area (Å²) in [5.41, 5.74) is 1.67. The number of anilines is 1. The lowest BCUT2D eigenvalue weighted by Crippen LogP contribution is -2.48. The zero-order valence-corrected chi connectivity index (χ0v) is 18.6. The number of nitrogens with one attached hydrogen (secondary N) is 2. The van der Waals surface area contributed by atoms with Gasteiger partial charge in [0.25, 0.3) is 6.47 Å². The summed E-state index contributed by atoms with van der Waals surface area (Å²) < 4.78 is 4.82. The van der Waals surface area contributed by atoms with E-state index in [1.165, 1.54) is 18.2 Å². The Hall–Kier alpha value is -4.22. The van der Waals surface area contributed by atoms with Gasteiger partial charge >= 0.3 is 13.1 Å². The fourth-order valence-corrected chi connectivity index (χ4v) is 3.45. The molecule has 1 atom stereocenters. The Bertz CT molecular complexity index is 1160. The number of nitrogens with zero attached hydrogens (tertiary/aromatic N) is 1. The number of aromatic nitrogens is 1. The number of benzene rings is 2. The lowest BCUT2D eigenvalue weighted by atomic mass is 9.75. The number of carbonyl (C=O) groups excluding carboxylic acids is 2. The molecule has 1 amide bonds. The predicted octanol–water partition coefficient (Wildman–Crippen LogP) is 1.21. The van der Waals surface area contributed by atoms with Gasteiger partial charge in [-0.05, 0) is 41.3 Å². The first-order valence-corrected chi connectivity index (χ1v) is 10.7. The molecule has 0 spiro atoms. The molecule has 0 radical (unpaired) electrons. The van der Waals surface area contributed by atoms with Gasteiger partial charge in [-0.15, -0.1) is 0 Å². The largest absolute Gasteiger partial charge is 0.478 e. The van der Waals surface area contributed by atoms with Crippen molar-refractivity contribution in [1.82, 2.24) is 10.3 Å². The molecule has 35 heavy (non-hydrogen) atoms. The first-order chi connectivity index (χ1) is 16.9. The van der Waals surface area contributed by atoms with E-state index in [0.29, 0.717) is 12.1 Å². The van der Waals surface area contributed by atoms with Crippen LogP contribution in [-0.2, 0) is 29.0 Å². The molecule has 0 fully saturated rings. The van der Waals surface area contributed by atoms with Crippen molar-refractivity contribution >= 4 is 31.3 Å². The van der Waals surface area contributed by atoms with Gasteiger partial charge in [-0.1, -0.05) is 42.5 Å². The number of hydrogen-bond donors (Lipinski definition) is 5. The molecule has 3 rings (SSSR count). The second-order valence-corrected chi connectivity index (χ2v) is 7.67. The zero-order valence-electron chi connectivity index (χ0n) is 18.6. The molecule has 0 bridgehead atoms. The Balaban J connectivity index is 1.62. The van der Waals surface area contributed by atoms with Crippen molar-refractivity contribution in [3.8, 4) is 5.75 Å². The van der Waals surface area contributed by atoms with Gasteiger partial charge in [0.15, 0.2) is 0 Å². The van der Waals surface area contributed by atoms with Crippen molar-refractivity contribution in [1.29, 1.82) is 0 Å². The van der Waals surface area contributed by atoms with Crippen LogP contribution in [0.3, 0.4) is 0 Å². The molecule has 1 heterocycles. The molecule has 3 aromatic rings. The van der Waals surface area contributed by atoms with Crippen LogP contribution in [0, 0.1) is 0 Å². The van der Waals surface area contributed by atoms with Crippen LogP contribution in [0.1, 0.15) is 27.0 Å². The van der Waals surface area contributed by atoms with E-state index in [9.17, 15) is 29.5 Å². The molecule has 1 unspecified atom stereocenters. The standard InChI is InChI=1S/C24H24BN3O7/c29-15-35-23-18(4-3-5-19(23)24(31)32)13-20(25(33)34)28-22(30)12-16-7-9-17(10-8-16)14-27-21-6-1-2-11-26-21/h1-11,15,20,33-34H,12-14H2,(H,26,27)(H,28,30)(H,31,32). The number of amides is 1. The van der Waals surface area contributed by atoms with E-state index >= 15 is 0 Å². The van der Waals surface area contributed by atoms with Crippen molar-refractivity contribution in [3.63, 3.8) is 0 Å². The van der Waals surface area contributed by atoms with E-state index in [-0.39, 0.29) is 36.2 Å². The normalized spacial score (nSPS) is 11.3. The van der Waals surface area contributed by atoms with E-state index in [4.69, 9.17) is 4.74 Å². The summed E-state index contributed by atoms with van der Waals surface area (Å²) in [4.78, 5) is 39.0. The third kappa shape index (κ3) is 7.39. The summed E-state index contributed by atoms with van der Waals surface area (Å²) in [6.45, 7) is 0.645. The van der Waals surface area contributed by atoms with Gasteiger partial charge in [-0.3, -0.25) is 9.59 Å². The topological polar surface area (TPSA) is 158 Å². The monoisotopic (exact) mass is 477 g/mol. The van der Waals surface area contributed by atoms with E-state index < -0.39 is 24.9 Å². The van der Waals surface area contributed by atoms with Crippen LogP contribution < -0.4 is 15.4 Å². The third-order valence-electron chi connectivity index (χ3n) is 5.17. The number of ether oxygens (including phenoxy) is 1. The minimum atomic E-state index is -1.93. The summed E-state index contributed by atoms with van der Waals surface area (Å²) in [7, 11) is -1.93. The van der Waals surface area contributed by atoms with Crippen LogP contribution in [0.5, 0.6) is 5.75 Å². The van der Waals surface area contributed by atoms with Gasteiger partial charge in [-0.25, -0.2) is 9.78 Å². The fourth-order valence-electron chi connectivity index (χ4n) is 3.45. The quantitative estimate of drug-likeness (QED) is 0.191. The highest BCUT2D eigenvalue weighted by atomic mass is 16.5. The molecule has 0 saturated carbocycles. The average molecular weight is 477 g/mol. The highest BCUT2D eigenvalue weighted by Crippen LogP contribution is 2.25. The van der Waals surface area contributed by atoms with E-state index in [1.54, 1.807) is 18.3 Å². The van der Waals surface area contributed by atoms with Crippen molar-refractivity contribution in [2.45, 2.75) is 25.3 Å². The Morgan fingerprint density at radius 1 is 1.03 bits per heavy atom. The number of pyridine rings is 1. The van der Waals surface area contributed by atoms with Crippen LogP contribution in [0.4, 0.5) is 5.82 Å². The molecule has 2 aromatic carbocycles. The molecule has 0 aliphatic rings. The van der Waals surface area contributed by atoms with Gasteiger partial charge in [-0.2, -0.15) is 0 Å². The first-order valence-electron chi connectivity index (χ1n) is 10.7. The SMILES string of the molecule is O=COc1c(CC(NC(=O)Cc2ccc(CNc3ccccn3)cc2)B(O)O)cccc1C(=O)O. The molecule has 5 N–H and O–H groups in total. The molecule has 10 nitrogen and oxygen atoms in total. The molecule has 0 aliphatic heterocycles. The maximum absolute atomic E-state index is 12.6. The Morgan fingerprint density at radius 3 is 2.40 bits per heavy atom. The van der Waals surface area contributed by atoms with E-state index in [0.717, 1.165) is 11.4 Å². The number of hydrogen-bond acceptors (Lipinski definition) is 8. The Labute approximate surface area is 201 Å². The minimum absolute atomic E-state index is 0.00989. The smallest absolute Gasteiger partial charge is 0.475 e. The molecule has 0 aliphatic carbocycles. The summed E-state index contributed by atoms with van der Waals surface area (Å²) in [6.07, 6.45) is 1.51. The number of rotatable bonds is 12. The molecule has 180 valence electrons. The van der Waals surface area contributed by atoms with Crippen molar-refractivity contribution in [2.75, 3.05) is 5.32 Å². The second-order valence-electron chi connectivity index (χ2n) is 7.67. The van der Waals surface area contributed by atoms with Gasteiger partial charge in [0.2, 0.25) is 5.91 Å². The summed E-state index contributed by atoms with van der Waals surface area (Å²) in [5, 5.41) is 34.6. The molecular weight excluding hydrogens is 453 g/mol. The number of carbonyl (C=O) groups is 3. The van der Waals surface area contributed by atoms with Crippen LogP contribution in [-0.4, -0.2) is 51.5 Å². The van der Waals surface area contributed by atoms with Gasteiger partial charge in [0.05, 0.1) is 12.4 Å². The maximum atomic E-state index is 12.6. The lowest BCUT2D eigenvalue weighted by molar-refractivity contribution is -0.121. The van der Waals surface area contributed by atoms with Crippen molar-refractivity contribution in [3.05, 3.63) is 89.1 Å². The van der Waals surface area contributed by atoms with Gasteiger partial charge in [0, 0.05) is 12.7 Å². The van der Waals surface area contributed by atoms with Crippen LogP contribution >= 0.6 is 0 Å². The molecule has 11 heteroatoms. The molecular formula is C24H24BN3O7. The highest BCUT2D eigenvalue weighted by molar-refractivity contribution is 6.43. The average Bonchev–Trinajstić information content (AvgIpc) is 2.84. The maximum Gasteiger partial charge on any atom is 0.475 e. The van der Waals surface area contributed by atoms with E-state index in [2.05, 4.69) is 15.6 Å². The van der Waals surface area contributed by atoms with Gasteiger partial charge in [0.1, 0.15) is 17.1 Å². The first kappa shape index (κ1) is 25.4. The fraction of sp³-hybridized carbons (Fsp3) is 0.167. The number of para-hydroxylation sites is 1. The summed E-state index contributed by atoms with van der Waals surface area (Å²) in [6, 6.07) is 17.1. The predicted molar refractivity (Wildman–Crippen MR) is 128 cm³/mol.